The molecule has 1 N–H and O–H groups in total. The third kappa shape index (κ3) is 2.57. The fourth-order valence-electron chi connectivity index (χ4n) is 4.94. The van der Waals surface area contributed by atoms with Crippen molar-refractivity contribution in [3.05, 3.63) is 59.9 Å². The van der Waals surface area contributed by atoms with Crippen LogP contribution < -0.4 is 10.2 Å². The Hall–Kier alpha value is -2.66. The molecule has 1 unspecified atom stereocenters. The zero-order valence-corrected chi connectivity index (χ0v) is 15.7. The van der Waals surface area contributed by atoms with Gasteiger partial charge in [-0.15, -0.1) is 0 Å². The molecule has 5 heteroatoms. The summed E-state index contributed by atoms with van der Waals surface area (Å²) in [6.07, 6.45) is 6.81. The molecule has 2 aliphatic heterocycles. The van der Waals surface area contributed by atoms with Crippen LogP contribution in [0.3, 0.4) is 0 Å². The van der Waals surface area contributed by atoms with E-state index in [2.05, 4.69) is 46.5 Å². The lowest BCUT2D eigenvalue weighted by Crippen LogP contribution is -2.47. The van der Waals surface area contributed by atoms with E-state index < -0.39 is 0 Å². The number of carbonyl (C=O) groups excluding carboxylic acids is 1. The lowest BCUT2D eigenvalue weighted by Gasteiger charge is -2.42. The van der Waals surface area contributed by atoms with E-state index in [0.717, 1.165) is 25.2 Å². The Morgan fingerprint density at radius 3 is 2.89 bits per heavy atom. The topological polar surface area (TPSA) is 48.5 Å². The van der Waals surface area contributed by atoms with Crippen molar-refractivity contribution in [3.63, 3.8) is 0 Å². The molecule has 1 aliphatic carbocycles. The summed E-state index contributed by atoms with van der Waals surface area (Å²) in [4.78, 5) is 21.4. The number of anilines is 2. The molecule has 0 radical (unpaired) electrons. The van der Waals surface area contributed by atoms with Gasteiger partial charge in [0.2, 0.25) is 5.91 Å². The normalized spacial score (nSPS) is 25.9. The molecule has 1 aromatic carbocycles. The first-order chi connectivity index (χ1) is 13.1. The van der Waals surface area contributed by atoms with Crippen LogP contribution in [0, 0.1) is 5.92 Å². The fourth-order valence-corrected chi connectivity index (χ4v) is 4.94. The van der Waals surface area contributed by atoms with Gasteiger partial charge in [-0.3, -0.25) is 14.7 Å². The summed E-state index contributed by atoms with van der Waals surface area (Å²) in [5.74, 6) is 0.570. The van der Waals surface area contributed by atoms with Crippen molar-refractivity contribution in [3.8, 4) is 0 Å². The molecule has 2 aromatic rings. The van der Waals surface area contributed by atoms with Crippen molar-refractivity contribution < 1.29 is 4.79 Å². The molecule has 5 rings (SSSR count). The number of hydrogen-bond donors (Lipinski definition) is 1. The largest absolute Gasteiger partial charge is 0.384 e. The second-order valence-electron chi connectivity index (χ2n) is 7.87. The van der Waals surface area contributed by atoms with Crippen LogP contribution in [0.5, 0.6) is 0 Å². The van der Waals surface area contributed by atoms with E-state index in [1.54, 1.807) is 17.3 Å². The number of fused-ring (bicyclic) bond motifs is 2. The first-order valence-electron chi connectivity index (χ1n) is 9.60. The maximum absolute atomic E-state index is 13.2. The molecule has 0 bridgehead atoms. The number of nitrogens with zero attached hydrogens (tertiary/aromatic N) is 3. The van der Waals surface area contributed by atoms with E-state index in [1.807, 2.05) is 19.2 Å². The van der Waals surface area contributed by atoms with Gasteiger partial charge in [0.1, 0.15) is 0 Å². The average molecular weight is 360 g/mol. The summed E-state index contributed by atoms with van der Waals surface area (Å²) in [6.45, 7) is 1.79. The molecule has 0 saturated carbocycles. The number of benzene rings is 1. The van der Waals surface area contributed by atoms with Crippen molar-refractivity contribution in [1.29, 1.82) is 0 Å². The average Bonchev–Trinajstić information content (AvgIpc) is 3.12. The summed E-state index contributed by atoms with van der Waals surface area (Å²) in [7, 11) is 4.00. The zero-order chi connectivity index (χ0) is 18.5. The maximum Gasteiger partial charge on any atom is 0.234 e. The maximum atomic E-state index is 13.2. The molecule has 3 heterocycles. The zero-order valence-electron chi connectivity index (χ0n) is 15.7. The second-order valence-corrected chi connectivity index (χ2v) is 7.87. The van der Waals surface area contributed by atoms with Crippen LogP contribution in [-0.4, -0.2) is 49.0 Å². The monoisotopic (exact) mass is 360 g/mol. The molecule has 27 heavy (non-hydrogen) atoms. The predicted octanol–water partition coefficient (Wildman–Crippen LogP) is 2.97. The third-order valence-electron chi connectivity index (χ3n) is 6.33. The summed E-state index contributed by atoms with van der Waals surface area (Å²) < 4.78 is 0. The van der Waals surface area contributed by atoms with Crippen molar-refractivity contribution in [1.82, 2.24) is 9.88 Å². The predicted molar refractivity (Wildman–Crippen MR) is 108 cm³/mol. The van der Waals surface area contributed by atoms with Crippen LogP contribution >= 0.6 is 0 Å². The van der Waals surface area contributed by atoms with Gasteiger partial charge < -0.3 is 10.2 Å². The number of nitrogens with one attached hydrogen (secondary N) is 1. The van der Waals surface area contributed by atoms with E-state index >= 15 is 0 Å². The highest BCUT2D eigenvalue weighted by atomic mass is 16.2. The third-order valence-corrected chi connectivity index (χ3v) is 6.33. The Labute approximate surface area is 159 Å². The number of pyridine rings is 1. The summed E-state index contributed by atoms with van der Waals surface area (Å²) in [6, 6.07) is 10.7. The highest BCUT2D eigenvalue weighted by molar-refractivity contribution is 5.97. The molecule has 3 aliphatic rings. The van der Waals surface area contributed by atoms with Gasteiger partial charge in [-0.2, -0.15) is 0 Å². The van der Waals surface area contributed by atoms with Gasteiger partial charge in [0.05, 0.1) is 5.92 Å². The summed E-state index contributed by atoms with van der Waals surface area (Å²) >= 11 is 0. The molecule has 0 fully saturated rings. The lowest BCUT2D eigenvalue weighted by molar-refractivity contribution is -0.121. The van der Waals surface area contributed by atoms with Gasteiger partial charge in [-0.05, 0) is 48.4 Å². The number of hydrogen-bond acceptors (Lipinski definition) is 4. The molecule has 5 nitrogen and oxygen atoms in total. The van der Waals surface area contributed by atoms with Crippen LogP contribution in [-0.2, 0) is 4.79 Å². The Balaban J connectivity index is 1.52. The van der Waals surface area contributed by atoms with Gasteiger partial charge in [-0.1, -0.05) is 18.2 Å². The lowest BCUT2D eigenvalue weighted by atomic mass is 9.74. The first-order valence-corrected chi connectivity index (χ1v) is 9.60. The smallest absolute Gasteiger partial charge is 0.234 e. The van der Waals surface area contributed by atoms with E-state index in [0.29, 0.717) is 12.0 Å². The van der Waals surface area contributed by atoms with Gasteiger partial charge in [0.25, 0.3) is 0 Å². The van der Waals surface area contributed by atoms with Crippen LogP contribution in [0.25, 0.3) is 5.57 Å². The van der Waals surface area contributed by atoms with E-state index in [-0.39, 0.29) is 11.8 Å². The highest BCUT2D eigenvalue weighted by Gasteiger charge is 2.41. The van der Waals surface area contributed by atoms with E-state index in [4.69, 9.17) is 0 Å². The second kappa shape index (κ2) is 6.20. The van der Waals surface area contributed by atoms with Gasteiger partial charge in [0.15, 0.2) is 0 Å². The fraction of sp³-hybridized carbons (Fsp3) is 0.364. The minimum atomic E-state index is -0.138. The van der Waals surface area contributed by atoms with Gasteiger partial charge >= 0.3 is 0 Å². The molecular weight excluding hydrogens is 336 g/mol. The molecule has 0 spiro atoms. The summed E-state index contributed by atoms with van der Waals surface area (Å²) in [5, 5.41) is 3.55. The van der Waals surface area contributed by atoms with E-state index in [9.17, 15) is 4.79 Å². The van der Waals surface area contributed by atoms with Crippen molar-refractivity contribution >= 4 is 22.9 Å². The van der Waals surface area contributed by atoms with Crippen LogP contribution in [0.15, 0.2) is 48.8 Å². The van der Waals surface area contributed by atoms with Gasteiger partial charge in [-0.25, -0.2) is 0 Å². The minimum Gasteiger partial charge on any atom is -0.384 e. The van der Waals surface area contributed by atoms with Gasteiger partial charge in [0, 0.05) is 55.9 Å². The number of aromatic nitrogens is 1. The highest BCUT2D eigenvalue weighted by Crippen LogP contribution is 2.48. The first kappa shape index (κ1) is 16.5. The number of carbonyl (C=O) groups is 1. The van der Waals surface area contributed by atoms with Crippen molar-refractivity contribution in [2.75, 3.05) is 37.4 Å². The van der Waals surface area contributed by atoms with Crippen LogP contribution in [0.4, 0.5) is 11.4 Å². The molecule has 0 saturated heterocycles. The molecule has 1 amide bonds. The van der Waals surface area contributed by atoms with Crippen molar-refractivity contribution in [2.24, 2.45) is 5.92 Å². The van der Waals surface area contributed by atoms with Crippen LogP contribution in [0.2, 0.25) is 0 Å². The molecular formula is C22H24N4O. The van der Waals surface area contributed by atoms with Crippen molar-refractivity contribution in [2.45, 2.75) is 18.4 Å². The SMILES string of the molecule is CN(C(=O)[C@@H]1C=C2c3cccc4c3C(CN4)C[C@H]2N(C)C1)c1ccncc1. The Morgan fingerprint density at radius 2 is 2.07 bits per heavy atom. The minimum absolute atomic E-state index is 0.131. The number of likely N-dealkylation sites (N-methyl/N-ethyl adjacent to an activating group) is 1. The summed E-state index contributed by atoms with van der Waals surface area (Å²) in [5.41, 5.74) is 6.24. The standard InChI is InChI=1S/C22H24N4O/c1-25-13-15(22(27)26(2)16-6-8-23-9-7-16)10-18-17-4-3-5-19-21(17)14(12-24-19)11-20(18)25/h3-10,14-15,20,24H,11-13H2,1-2H3/t14?,15-,20-/m1/s1. The number of rotatable bonds is 2. The van der Waals surface area contributed by atoms with E-state index in [1.165, 1.54) is 22.4 Å². The quantitative estimate of drug-likeness (QED) is 0.895. The Morgan fingerprint density at radius 1 is 1.26 bits per heavy atom. The molecule has 1 aromatic heterocycles. The Kier molecular flexibility index (Phi) is 3.79. The Bertz CT molecular complexity index is 923. The molecule has 138 valence electrons. The molecule has 3 atom stereocenters. The number of amides is 1. The van der Waals surface area contributed by atoms with Crippen LogP contribution in [0.1, 0.15) is 23.5 Å².